The second-order valence-electron chi connectivity index (χ2n) is 4.97. The Labute approximate surface area is 146 Å². The number of hydrogen-bond acceptors (Lipinski definition) is 4. The second-order valence-corrected chi connectivity index (χ2v) is 5.41. The zero-order valence-electron chi connectivity index (χ0n) is 12.4. The third kappa shape index (κ3) is 4.58. The van der Waals surface area contributed by atoms with Crippen molar-refractivity contribution in [2.75, 3.05) is 31.6 Å². The minimum Gasteiger partial charge on any atom is -0.378 e. The number of carbonyl (C=O) groups excluding carboxylic acids is 1. The molecule has 122 valence electrons. The first-order valence-electron chi connectivity index (χ1n) is 7.08. The fraction of sp³-hybridized carbons (Fsp3) is 0.250. The van der Waals surface area contributed by atoms with Gasteiger partial charge in [0.15, 0.2) is 0 Å². The molecule has 0 atom stereocenters. The molecule has 5 nitrogen and oxygen atoms in total. The third-order valence-corrected chi connectivity index (χ3v) is 3.68. The largest absolute Gasteiger partial charge is 0.378 e. The number of halogens is 2. The van der Waals surface area contributed by atoms with Gasteiger partial charge < -0.3 is 15.0 Å². The number of amides is 1. The molecule has 23 heavy (non-hydrogen) atoms. The smallest absolute Gasteiger partial charge is 0.255 e. The van der Waals surface area contributed by atoms with Crippen LogP contribution in [0.5, 0.6) is 0 Å². The highest BCUT2D eigenvalue weighted by atomic mass is 35.5. The highest BCUT2D eigenvalue weighted by Gasteiger charge is 2.18. The fourth-order valence-corrected chi connectivity index (χ4v) is 2.35. The highest BCUT2D eigenvalue weighted by Crippen LogP contribution is 2.18. The summed E-state index contributed by atoms with van der Waals surface area (Å²) in [4.78, 5) is 18.4. The Kier molecular flexibility index (Phi) is 6.21. The monoisotopic (exact) mass is 353 g/mol. The molecular formula is C16H17Cl2N3O2. The second kappa shape index (κ2) is 8.15. The summed E-state index contributed by atoms with van der Waals surface area (Å²) >= 11 is 5.85. The molecule has 2 heterocycles. The molecule has 2 aromatic rings. The predicted molar refractivity (Wildman–Crippen MR) is 92.9 cm³/mol. The molecule has 1 saturated heterocycles. The molecule has 0 saturated carbocycles. The van der Waals surface area contributed by atoms with Gasteiger partial charge in [-0.15, -0.1) is 12.4 Å². The van der Waals surface area contributed by atoms with Crippen molar-refractivity contribution < 1.29 is 9.53 Å². The van der Waals surface area contributed by atoms with Crippen molar-refractivity contribution in [2.24, 2.45) is 0 Å². The van der Waals surface area contributed by atoms with Gasteiger partial charge in [-0.1, -0.05) is 11.6 Å². The Morgan fingerprint density at radius 2 is 1.83 bits per heavy atom. The van der Waals surface area contributed by atoms with Crippen LogP contribution in [0.25, 0.3) is 0 Å². The van der Waals surface area contributed by atoms with Crippen molar-refractivity contribution >= 4 is 41.4 Å². The Morgan fingerprint density at radius 1 is 1.13 bits per heavy atom. The quantitative estimate of drug-likeness (QED) is 0.918. The van der Waals surface area contributed by atoms with Crippen molar-refractivity contribution in [3.05, 3.63) is 53.2 Å². The maximum atomic E-state index is 12.3. The molecule has 0 radical (unpaired) electrons. The molecule has 0 spiro atoms. The lowest BCUT2D eigenvalue weighted by molar-refractivity contribution is 0.0302. The van der Waals surface area contributed by atoms with E-state index in [1.54, 1.807) is 35.4 Å². The van der Waals surface area contributed by atoms with Gasteiger partial charge in [0.2, 0.25) is 0 Å². The van der Waals surface area contributed by atoms with Gasteiger partial charge in [-0.2, -0.15) is 0 Å². The van der Waals surface area contributed by atoms with Gasteiger partial charge in [0.05, 0.1) is 18.8 Å². The van der Waals surface area contributed by atoms with Crippen molar-refractivity contribution in [3.8, 4) is 0 Å². The third-order valence-electron chi connectivity index (χ3n) is 3.43. The van der Waals surface area contributed by atoms with E-state index in [9.17, 15) is 4.79 Å². The summed E-state index contributed by atoms with van der Waals surface area (Å²) in [6.07, 6.45) is 1.59. The number of rotatable bonds is 3. The number of carbonyl (C=O) groups is 1. The summed E-state index contributed by atoms with van der Waals surface area (Å²) in [5, 5.41) is 3.85. The van der Waals surface area contributed by atoms with Crippen LogP contribution < -0.4 is 5.32 Å². The maximum Gasteiger partial charge on any atom is 0.255 e. The summed E-state index contributed by atoms with van der Waals surface area (Å²) < 4.78 is 5.25. The first kappa shape index (κ1) is 17.5. The lowest BCUT2D eigenvalue weighted by atomic mass is 10.2. The average Bonchev–Trinajstić information content (AvgIpc) is 2.58. The molecular weight excluding hydrogens is 337 g/mol. The first-order chi connectivity index (χ1) is 10.7. The molecule has 1 fully saturated rings. The van der Waals surface area contributed by atoms with Crippen molar-refractivity contribution in [2.45, 2.75) is 0 Å². The molecule has 1 aromatic heterocycles. The molecule has 0 unspecified atom stereocenters. The van der Waals surface area contributed by atoms with Crippen LogP contribution in [0.1, 0.15) is 10.4 Å². The van der Waals surface area contributed by atoms with E-state index >= 15 is 0 Å². The normalized spacial score (nSPS) is 14.0. The zero-order chi connectivity index (χ0) is 15.4. The number of hydrogen-bond donors (Lipinski definition) is 1. The molecule has 0 aliphatic carbocycles. The molecule has 3 rings (SSSR count). The van der Waals surface area contributed by atoms with E-state index in [0.29, 0.717) is 42.7 Å². The average molecular weight is 354 g/mol. The number of ether oxygens (including phenoxy) is 1. The van der Waals surface area contributed by atoms with Crippen LogP contribution in [0.3, 0.4) is 0 Å². The number of aromatic nitrogens is 1. The highest BCUT2D eigenvalue weighted by molar-refractivity contribution is 6.30. The summed E-state index contributed by atoms with van der Waals surface area (Å²) in [5.74, 6) is 0.676. The fourth-order valence-electron chi connectivity index (χ4n) is 2.22. The van der Waals surface area contributed by atoms with Crippen LogP contribution in [-0.4, -0.2) is 42.1 Å². The summed E-state index contributed by atoms with van der Waals surface area (Å²) in [6, 6.07) is 10.9. The van der Waals surface area contributed by atoms with E-state index < -0.39 is 0 Å². The topological polar surface area (TPSA) is 54.5 Å². The van der Waals surface area contributed by atoms with Crippen LogP contribution in [-0.2, 0) is 4.74 Å². The van der Waals surface area contributed by atoms with E-state index in [-0.39, 0.29) is 18.3 Å². The van der Waals surface area contributed by atoms with E-state index in [2.05, 4.69) is 10.3 Å². The van der Waals surface area contributed by atoms with Crippen molar-refractivity contribution in [1.82, 2.24) is 9.88 Å². The number of anilines is 2. The Balaban J connectivity index is 0.00000192. The number of nitrogens with one attached hydrogen (secondary N) is 1. The number of nitrogens with zero attached hydrogens (tertiary/aromatic N) is 2. The number of benzene rings is 1. The molecule has 1 N–H and O–H groups in total. The predicted octanol–water partition coefficient (Wildman–Crippen LogP) is 3.37. The van der Waals surface area contributed by atoms with Gasteiger partial charge in [-0.3, -0.25) is 4.79 Å². The van der Waals surface area contributed by atoms with E-state index in [1.807, 2.05) is 12.1 Å². The van der Waals surface area contributed by atoms with Gasteiger partial charge in [0.25, 0.3) is 5.91 Å². The van der Waals surface area contributed by atoms with Gasteiger partial charge in [0, 0.05) is 30.0 Å². The van der Waals surface area contributed by atoms with E-state index in [1.165, 1.54) is 0 Å². The molecule has 0 bridgehead atoms. The summed E-state index contributed by atoms with van der Waals surface area (Å²) in [6.45, 7) is 2.44. The lowest BCUT2D eigenvalue weighted by Gasteiger charge is -2.26. The van der Waals surface area contributed by atoms with Gasteiger partial charge in [0.1, 0.15) is 5.82 Å². The van der Waals surface area contributed by atoms with E-state index in [4.69, 9.17) is 16.3 Å². The maximum absolute atomic E-state index is 12.3. The van der Waals surface area contributed by atoms with Gasteiger partial charge in [-0.25, -0.2) is 4.98 Å². The Morgan fingerprint density at radius 3 is 2.43 bits per heavy atom. The minimum absolute atomic E-state index is 0. The Hall–Kier alpha value is -1.82. The van der Waals surface area contributed by atoms with Crippen LogP contribution in [0.15, 0.2) is 42.6 Å². The van der Waals surface area contributed by atoms with Crippen molar-refractivity contribution in [1.29, 1.82) is 0 Å². The van der Waals surface area contributed by atoms with Gasteiger partial charge in [-0.05, 0) is 36.4 Å². The zero-order valence-corrected chi connectivity index (χ0v) is 13.9. The van der Waals surface area contributed by atoms with Crippen LogP contribution in [0.2, 0.25) is 5.02 Å². The number of pyridine rings is 1. The van der Waals surface area contributed by atoms with Crippen LogP contribution in [0.4, 0.5) is 11.5 Å². The molecule has 1 aliphatic heterocycles. The summed E-state index contributed by atoms with van der Waals surface area (Å²) in [7, 11) is 0. The van der Waals surface area contributed by atoms with Gasteiger partial charge >= 0.3 is 0 Å². The number of morpholine rings is 1. The SMILES string of the molecule is Cl.O=C(c1ccc(Nc2ccc(Cl)cc2)nc1)N1CCOCC1. The van der Waals surface area contributed by atoms with Crippen LogP contribution in [0, 0.1) is 0 Å². The lowest BCUT2D eigenvalue weighted by Crippen LogP contribution is -2.40. The minimum atomic E-state index is -0.00570. The van der Waals surface area contributed by atoms with Crippen LogP contribution >= 0.6 is 24.0 Å². The molecule has 1 aliphatic rings. The summed E-state index contributed by atoms with van der Waals surface area (Å²) in [5.41, 5.74) is 1.48. The molecule has 1 aromatic carbocycles. The Bertz CT molecular complexity index is 641. The molecule has 1 amide bonds. The first-order valence-corrected chi connectivity index (χ1v) is 7.46. The standard InChI is InChI=1S/C16H16ClN3O2.ClH/c17-13-2-4-14(5-3-13)19-15-6-1-12(11-18-15)16(21)20-7-9-22-10-8-20;/h1-6,11H,7-10H2,(H,18,19);1H. The van der Waals surface area contributed by atoms with Crippen molar-refractivity contribution in [3.63, 3.8) is 0 Å². The molecule has 7 heteroatoms. The van der Waals surface area contributed by atoms with E-state index in [0.717, 1.165) is 5.69 Å².